The lowest BCUT2D eigenvalue weighted by Gasteiger charge is -2.50. The SMILES string of the molecule is NC(=O)c1noc(-c2ccc(F)cc2F)c1C1(CC(=O)NC2(c3ncccn3)CC2)CN(CC2CC2)C1. The molecule has 3 N–H and O–H groups in total. The van der Waals surface area contributed by atoms with Gasteiger partial charge in [0, 0.05) is 55.5 Å². The monoisotopic (exact) mass is 508 g/mol. The Balaban J connectivity index is 1.36. The molecule has 3 fully saturated rings. The summed E-state index contributed by atoms with van der Waals surface area (Å²) in [6.07, 6.45) is 7.03. The van der Waals surface area contributed by atoms with E-state index in [4.69, 9.17) is 10.3 Å². The molecule has 3 aromatic rings. The number of rotatable bonds is 9. The summed E-state index contributed by atoms with van der Waals surface area (Å²) in [4.78, 5) is 36.7. The number of carbonyl (C=O) groups is 2. The molecule has 6 rings (SSSR count). The zero-order valence-corrected chi connectivity index (χ0v) is 20.0. The largest absolute Gasteiger partial charge is 0.364 e. The average molecular weight is 509 g/mol. The topological polar surface area (TPSA) is 127 Å². The molecule has 9 nitrogen and oxygen atoms in total. The molecule has 1 saturated heterocycles. The van der Waals surface area contributed by atoms with Crippen molar-refractivity contribution in [1.82, 2.24) is 25.3 Å². The maximum atomic E-state index is 14.8. The van der Waals surface area contributed by atoms with Gasteiger partial charge in [0.1, 0.15) is 11.6 Å². The minimum Gasteiger partial charge on any atom is -0.364 e. The number of aromatic nitrogens is 3. The van der Waals surface area contributed by atoms with E-state index in [0.717, 1.165) is 44.4 Å². The molecule has 2 saturated carbocycles. The summed E-state index contributed by atoms with van der Waals surface area (Å²) in [6, 6.07) is 4.79. The van der Waals surface area contributed by atoms with Crippen molar-refractivity contribution in [2.75, 3.05) is 19.6 Å². The number of hydrogen-bond donors (Lipinski definition) is 2. The molecule has 0 unspecified atom stereocenters. The van der Waals surface area contributed by atoms with Gasteiger partial charge in [0.25, 0.3) is 5.91 Å². The number of primary amides is 1. The number of likely N-dealkylation sites (tertiary alicyclic amines) is 1. The van der Waals surface area contributed by atoms with Gasteiger partial charge in [0.2, 0.25) is 5.91 Å². The van der Waals surface area contributed by atoms with Crippen molar-refractivity contribution in [3.05, 3.63) is 65.4 Å². The Morgan fingerprint density at radius 1 is 1.16 bits per heavy atom. The highest BCUT2D eigenvalue weighted by Crippen LogP contribution is 2.48. The molecule has 0 spiro atoms. The van der Waals surface area contributed by atoms with E-state index in [2.05, 4.69) is 25.3 Å². The highest BCUT2D eigenvalue weighted by Gasteiger charge is 2.54. The number of benzene rings is 1. The van der Waals surface area contributed by atoms with Crippen LogP contribution in [0.5, 0.6) is 0 Å². The van der Waals surface area contributed by atoms with E-state index >= 15 is 0 Å². The van der Waals surface area contributed by atoms with Crippen molar-refractivity contribution in [3.63, 3.8) is 0 Å². The van der Waals surface area contributed by atoms with Crippen molar-refractivity contribution in [2.24, 2.45) is 11.7 Å². The molecule has 1 aromatic carbocycles. The third kappa shape index (κ3) is 4.37. The first-order valence-corrected chi connectivity index (χ1v) is 12.3. The lowest BCUT2D eigenvalue weighted by molar-refractivity contribution is -0.125. The lowest BCUT2D eigenvalue weighted by atomic mass is 9.69. The predicted molar refractivity (Wildman–Crippen MR) is 127 cm³/mol. The van der Waals surface area contributed by atoms with E-state index < -0.39 is 28.5 Å². The Bertz CT molecular complexity index is 1360. The summed E-state index contributed by atoms with van der Waals surface area (Å²) in [5, 5.41) is 6.95. The Hall–Kier alpha value is -3.73. The molecule has 0 atom stereocenters. The number of nitrogens with zero attached hydrogens (tertiary/aromatic N) is 4. The van der Waals surface area contributed by atoms with Crippen LogP contribution in [0.15, 0.2) is 41.2 Å². The van der Waals surface area contributed by atoms with Crippen LogP contribution < -0.4 is 11.1 Å². The Morgan fingerprint density at radius 3 is 2.51 bits per heavy atom. The molecule has 3 heterocycles. The fourth-order valence-corrected chi connectivity index (χ4v) is 5.46. The van der Waals surface area contributed by atoms with Crippen LogP contribution in [-0.2, 0) is 15.7 Å². The molecular weight excluding hydrogens is 482 g/mol. The van der Waals surface area contributed by atoms with Crippen molar-refractivity contribution >= 4 is 11.8 Å². The highest BCUT2D eigenvalue weighted by molar-refractivity contribution is 5.95. The van der Waals surface area contributed by atoms with Gasteiger partial charge in [-0.2, -0.15) is 0 Å². The van der Waals surface area contributed by atoms with Crippen molar-refractivity contribution in [3.8, 4) is 11.3 Å². The van der Waals surface area contributed by atoms with Crippen molar-refractivity contribution in [1.29, 1.82) is 0 Å². The van der Waals surface area contributed by atoms with Crippen molar-refractivity contribution < 1.29 is 22.9 Å². The first-order chi connectivity index (χ1) is 17.8. The van der Waals surface area contributed by atoms with Gasteiger partial charge >= 0.3 is 0 Å². The molecule has 11 heteroatoms. The summed E-state index contributed by atoms with van der Waals surface area (Å²) in [5.74, 6) is -1.55. The first kappa shape index (κ1) is 23.7. The smallest absolute Gasteiger partial charge is 0.271 e. The van der Waals surface area contributed by atoms with Crippen LogP contribution in [0, 0.1) is 17.6 Å². The molecule has 37 heavy (non-hydrogen) atoms. The summed E-state index contributed by atoms with van der Waals surface area (Å²) >= 11 is 0. The fraction of sp³-hybridized carbons (Fsp3) is 0.423. The molecular formula is C26H26F2N6O3. The number of hydrogen-bond acceptors (Lipinski definition) is 7. The van der Waals surface area contributed by atoms with E-state index in [1.807, 2.05) is 0 Å². The van der Waals surface area contributed by atoms with Gasteiger partial charge in [0.05, 0.1) is 11.1 Å². The van der Waals surface area contributed by atoms with Crippen LogP contribution in [0.1, 0.15) is 54.0 Å². The zero-order valence-electron chi connectivity index (χ0n) is 20.0. The third-order valence-electron chi connectivity index (χ3n) is 7.52. The van der Waals surface area contributed by atoms with E-state index in [9.17, 15) is 18.4 Å². The van der Waals surface area contributed by atoms with Gasteiger partial charge in [-0.05, 0) is 49.8 Å². The second kappa shape index (κ2) is 8.69. The van der Waals surface area contributed by atoms with Gasteiger partial charge in [-0.3, -0.25) is 9.59 Å². The molecule has 1 aliphatic heterocycles. The quantitative estimate of drug-likeness (QED) is 0.455. The summed E-state index contributed by atoms with van der Waals surface area (Å²) in [5.41, 5.74) is 4.21. The molecule has 0 radical (unpaired) electrons. The van der Waals surface area contributed by atoms with Gasteiger partial charge in [-0.1, -0.05) is 5.16 Å². The fourth-order valence-electron chi connectivity index (χ4n) is 5.46. The third-order valence-corrected chi connectivity index (χ3v) is 7.52. The molecule has 192 valence electrons. The lowest BCUT2D eigenvalue weighted by Crippen LogP contribution is -2.62. The second-order valence-electron chi connectivity index (χ2n) is 10.5. The van der Waals surface area contributed by atoms with Gasteiger partial charge in [-0.25, -0.2) is 18.7 Å². The number of carbonyl (C=O) groups excluding carboxylic acids is 2. The van der Waals surface area contributed by atoms with Crippen LogP contribution in [0.25, 0.3) is 11.3 Å². The maximum Gasteiger partial charge on any atom is 0.271 e. The van der Waals surface area contributed by atoms with Crippen LogP contribution in [0.3, 0.4) is 0 Å². The summed E-state index contributed by atoms with van der Waals surface area (Å²) in [7, 11) is 0. The average Bonchev–Trinajstić information content (AvgIpc) is 3.77. The van der Waals surface area contributed by atoms with E-state index in [1.54, 1.807) is 18.5 Å². The van der Waals surface area contributed by atoms with Gasteiger partial charge in [0.15, 0.2) is 17.3 Å². The zero-order chi connectivity index (χ0) is 25.8. The Kier molecular flexibility index (Phi) is 5.55. The number of nitrogens with two attached hydrogens (primary N) is 1. The molecule has 3 aliphatic rings. The first-order valence-electron chi connectivity index (χ1n) is 12.3. The number of halogens is 2. The normalized spacial score (nSPS) is 19.7. The molecule has 2 aliphatic carbocycles. The Labute approximate surface area is 211 Å². The van der Waals surface area contributed by atoms with E-state index in [-0.39, 0.29) is 34.9 Å². The number of nitrogens with one attached hydrogen (secondary N) is 1. The van der Waals surface area contributed by atoms with Crippen LogP contribution >= 0.6 is 0 Å². The van der Waals surface area contributed by atoms with Gasteiger partial charge in [-0.15, -0.1) is 0 Å². The minimum absolute atomic E-state index is 0.0000568. The summed E-state index contributed by atoms with van der Waals surface area (Å²) in [6.45, 7) is 1.77. The van der Waals surface area contributed by atoms with E-state index in [0.29, 0.717) is 24.8 Å². The van der Waals surface area contributed by atoms with Gasteiger partial charge < -0.3 is 20.5 Å². The standard InChI is InChI=1S/C26H26F2N6O3/c27-16-4-5-17(18(28)10-16)22-20(21(23(29)36)33-37-22)25(13-34(14-25)12-15-2-3-15)11-19(35)32-26(6-7-26)24-30-8-1-9-31-24/h1,4-5,8-10,15H,2-3,6-7,11-14H2,(H2,29,36)(H,32,35). The van der Waals surface area contributed by atoms with E-state index in [1.165, 1.54) is 6.07 Å². The molecule has 0 bridgehead atoms. The summed E-state index contributed by atoms with van der Waals surface area (Å²) < 4.78 is 33.9. The predicted octanol–water partition coefficient (Wildman–Crippen LogP) is 2.67. The van der Waals surface area contributed by atoms with Crippen LogP contribution in [0.4, 0.5) is 8.78 Å². The van der Waals surface area contributed by atoms with Crippen LogP contribution in [0.2, 0.25) is 0 Å². The molecule has 2 amide bonds. The molecule has 2 aromatic heterocycles. The Morgan fingerprint density at radius 2 is 1.89 bits per heavy atom. The second-order valence-corrected chi connectivity index (χ2v) is 10.5. The van der Waals surface area contributed by atoms with Crippen molar-refractivity contribution in [2.45, 2.75) is 43.1 Å². The minimum atomic E-state index is -0.896. The highest BCUT2D eigenvalue weighted by atomic mass is 19.1. The number of amides is 2. The maximum absolute atomic E-state index is 14.8. The van der Waals surface area contributed by atoms with Crippen LogP contribution in [-0.4, -0.2) is 51.5 Å².